The third-order valence-corrected chi connectivity index (χ3v) is 6.67. The number of fused-ring (bicyclic) bond motifs is 1. The first-order valence-corrected chi connectivity index (χ1v) is 11.3. The molecular weight excluding hydrogens is 392 g/mol. The summed E-state index contributed by atoms with van der Waals surface area (Å²) in [6.45, 7) is 5.17. The molecule has 4 aromatic rings. The summed E-state index contributed by atoms with van der Waals surface area (Å²) >= 11 is 1.55. The summed E-state index contributed by atoms with van der Waals surface area (Å²) in [5, 5.41) is 14.6. The number of hydrogen-bond donors (Lipinski definition) is 1. The Morgan fingerprint density at radius 3 is 2.70 bits per heavy atom. The number of likely N-dealkylation sites (tertiary alicyclic amines) is 1. The van der Waals surface area contributed by atoms with E-state index in [1.54, 1.807) is 11.3 Å². The summed E-state index contributed by atoms with van der Waals surface area (Å²) in [5.41, 5.74) is 3.90. The van der Waals surface area contributed by atoms with Gasteiger partial charge >= 0.3 is 0 Å². The number of hydrogen-bond acceptors (Lipinski definition) is 6. The normalized spacial score (nSPS) is 15.7. The molecular formula is C23H26N6S. The molecule has 1 fully saturated rings. The molecule has 1 saturated heterocycles. The summed E-state index contributed by atoms with van der Waals surface area (Å²) in [6.07, 6.45) is 4.56. The minimum absolute atomic E-state index is 0.506. The monoisotopic (exact) mass is 418 g/mol. The van der Waals surface area contributed by atoms with Gasteiger partial charge < -0.3 is 9.88 Å². The number of aromatic nitrogens is 4. The van der Waals surface area contributed by atoms with Gasteiger partial charge in [0, 0.05) is 42.3 Å². The molecule has 0 atom stereocenters. The van der Waals surface area contributed by atoms with E-state index in [0.29, 0.717) is 5.92 Å². The quantitative estimate of drug-likeness (QED) is 0.502. The van der Waals surface area contributed by atoms with Crippen molar-refractivity contribution in [2.24, 2.45) is 7.05 Å². The molecule has 30 heavy (non-hydrogen) atoms. The van der Waals surface area contributed by atoms with Gasteiger partial charge in [-0.25, -0.2) is 4.98 Å². The molecule has 0 saturated carbocycles. The van der Waals surface area contributed by atoms with Crippen molar-refractivity contribution in [1.29, 1.82) is 0 Å². The summed E-state index contributed by atoms with van der Waals surface area (Å²) in [6, 6.07) is 14.9. The SMILES string of the molecule is Cc1nnc(Nc2cccc(C3CCN(Cc4cn(C)c5ccccc45)CC3)n2)s1. The highest BCUT2D eigenvalue weighted by atomic mass is 32.1. The average molecular weight is 419 g/mol. The zero-order chi connectivity index (χ0) is 20.5. The number of pyridine rings is 1. The number of aryl methyl sites for hydroxylation is 2. The molecule has 0 aliphatic carbocycles. The molecule has 1 aliphatic rings. The minimum atomic E-state index is 0.506. The topological polar surface area (TPSA) is 58.9 Å². The van der Waals surface area contributed by atoms with Crippen molar-refractivity contribution in [3.05, 3.63) is 64.9 Å². The maximum atomic E-state index is 4.86. The smallest absolute Gasteiger partial charge is 0.211 e. The molecule has 6 nitrogen and oxygen atoms in total. The largest absolute Gasteiger partial charge is 0.350 e. The molecule has 1 aromatic carbocycles. The summed E-state index contributed by atoms with van der Waals surface area (Å²) in [7, 11) is 2.13. The van der Waals surface area contributed by atoms with Gasteiger partial charge in [-0.2, -0.15) is 0 Å². The minimum Gasteiger partial charge on any atom is -0.350 e. The van der Waals surface area contributed by atoms with Gasteiger partial charge in [-0.1, -0.05) is 35.6 Å². The molecule has 3 aromatic heterocycles. The number of nitrogens with one attached hydrogen (secondary N) is 1. The molecule has 1 aliphatic heterocycles. The van der Waals surface area contributed by atoms with Gasteiger partial charge in [0.15, 0.2) is 0 Å². The second kappa shape index (κ2) is 8.16. The first-order valence-electron chi connectivity index (χ1n) is 10.4. The van der Waals surface area contributed by atoms with E-state index >= 15 is 0 Å². The average Bonchev–Trinajstić information content (AvgIpc) is 3.32. The Labute approximate surface area is 180 Å². The van der Waals surface area contributed by atoms with Crippen LogP contribution in [-0.4, -0.2) is 37.7 Å². The van der Waals surface area contributed by atoms with Crippen LogP contribution in [0.15, 0.2) is 48.7 Å². The van der Waals surface area contributed by atoms with Crippen LogP contribution in [0.2, 0.25) is 0 Å². The number of benzene rings is 1. The fourth-order valence-corrected chi connectivity index (χ4v) is 4.98. The fourth-order valence-electron chi connectivity index (χ4n) is 4.38. The fraction of sp³-hybridized carbons (Fsp3) is 0.348. The lowest BCUT2D eigenvalue weighted by Gasteiger charge is -2.31. The van der Waals surface area contributed by atoms with Crippen molar-refractivity contribution < 1.29 is 0 Å². The van der Waals surface area contributed by atoms with Crippen LogP contribution in [-0.2, 0) is 13.6 Å². The van der Waals surface area contributed by atoms with Gasteiger partial charge in [0.25, 0.3) is 0 Å². The van der Waals surface area contributed by atoms with Crippen molar-refractivity contribution in [2.45, 2.75) is 32.2 Å². The highest BCUT2D eigenvalue weighted by Crippen LogP contribution is 2.30. The Balaban J connectivity index is 1.23. The molecule has 5 rings (SSSR count). The van der Waals surface area contributed by atoms with Crippen molar-refractivity contribution in [1.82, 2.24) is 24.6 Å². The highest BCUT2D eigenvalue weighted by molar-refractivity contribution is 7.15. The van der Waals surface area contributed by atoms with Crippen molar-refractivity contribution in [2.75, 3.05) is 18.4 Å². The van der Waals surface area contributed by atoms with E-state index in [-0.39, 0.29) is 0 Å². The maximum absolute atomic E-state index is 4.86. The molecule has 0 unspecified atom stereocenters. The summed E-state index contributed by atoms with van der Waals surface area (Å²) in [4.78, 5) is 7.43. The maximum Gasteiger partial charge on any atom is 0.211 e. The van der Waals surface area contributed by atoms with Crippen LogP contribution >= 0.6 is 11.3 Å². The lowest BCUT2D eigenvalue weighted by molar-refractivity contribution is 0.204. The summed E-state index contributed by atoms with van der Waals surface area (Å²) < 4.78 is 2.24. The lowest BCUT2D eigenvalue weighted by Crippen LogP contribution is -2.32. The van der Waals surface area contributed by atoms with Gasteiger partial charge in [0.2, 0.25) is 5.13 Å². The Bertz CT molecular complexity index is 1160. The number of rotatable bonds is 5. The zero-order valence-electron chi connectivity index (χ0n) is 17.4. The van der Waals surface area contributed by atoms with Crippen LogP contribution in [0.5, 0.6) is 0 Å². The number of piperidine rings is 1. The third kappa shape index (κ3) is 3.95. The van der Waals surface area contributed by atoms with Gasteiger partial charge in [0.1, 0.15) is 10.8 Å². The van der Waals surface area contributed by atoms with Crippen molar-refractivity contribution >= 4 is 33.2 Å². The molecule has 1 N–H and O–H groups in total. The predicted molar refractivity (Wildman–Crippen MR) is 122 cm³/mol. The van der Waals surface area contributed by atoms with Crippen LogP contribution in [0.1, 0.15) is 35.0 Å². The Kier molecular flexibility index (Phi) is 5.23. The number of anilines is 2. The van der Waals surface area contributed by atoms with Gasteiger partial charge in [-0.3, -0.25) is 4.90 Å². The molecule has 0 radical (unpaired) electrons. The van der Waals surface area contributed by atoms with Crippen molar-refractivity contribution in [3.8, 4) is 0 Å². The van der Waals surface area contributed by atoms with Crippen LogP contribution < -0.4 is 5.32 Å². The van der Waals surface area contributed by atoms with E-state index in [0.717, 1.165) is 48.4 Å². The predicted octanol–water partition coefficient (Wildman–Crippen LogP) is 4.86. The molecule has 0 spiro atoms. The molecule has 0 amide bonds. The standard InChI is InChI=1S/C23H26N6S/c1-16-26-27-23(30-16)25-22-9-5-7-20(24-22)17-10-12-29(13-11-17)15-18-14-28(2)21-8-4-3-6-19(18)21/h3-9,14,17H,10-13,15H2,1-2H3,(H,24,25,27). The van der Waals surface area contributed by atoms with Crippen molar-refractivity contribution in [3.63, 3.8) is 0 Å². The van der Waals surface area contributed by atoms with E-state index in [9.17, 15) is 0 Å². The Morgan fingerprint density at radius 2 is 1.90 bits per heavy atom. The number of para-hydroxylation sites is 1. The first-order chi connectivity index (χ1) is 14.7. The van der Waals surface area contributed by atoms with Gasteiger partial charge in [-0.15, -0.1) is 10.2 Å². The first kappa shape index (κ1) is 19.2. The van der Waals surface area contributed by atoms with Gasteiger partial charge in [-0.05, 0) is 56.6 Å². The third-order valence-electron chi connectivity index (χ3n) is 5.91. The Hall–Kier alpha value is -2.77. The van der Waals surface area contributed by atoms with E-state index in [4.69, 9.17) is 4.98 Å². The van der Waals surface area contributed by atoms with E-state index in [2.05, 4.69) is 74.6 Å². The number of nitrogens with zero attached hydrogens (tertiary/aromatic N) is 5. The highest BCUT2D eigenvalue weighted by Gasteiger charge is 2.22. The molecule has 4 heterocycles. The summed E-state index contributed by atoms with van der Waals surface area (Å²) in [5.74, 6) is 1.36. The van der Waals surface area contributed by atoms with Crippen LogP contribution in [0, 0.1) is 6.92 Å². The van der Waals surface area contributed by atoms with E-state index in [1.165, 1.54) is 22.2 Å². The van der Waals surface area contributed by atoms with Crippen LogP contribution in [0.25, 0.3) is 10.9 Å². The molecule has 7 heteroatoms. The van der Waals surface area contributed by atoms with Crippen LogP contribution in [0.4, 0.5) is 10.9 Å². The van der Waals surface area contributed by atoms with Gasteiger partial charge in [0.05, 0.1) is 0 Å². The Morgan fingerprint density at radius 1 is 1.07 bits per heavy atom. The van der Waals surface area contributed by atoms with E-state index < -0.39 is 0 Å². The second-order valence-corrected chi connectivity index (χ2v) is 9.21. The van der Waals surface area contributed by atoms with Crippen LogP contribution in [0.3, 0.4) is 0 Å². The second-order valence-electron chi connectivity index (χ2n) is 8.03. The molecule has 0 bridgehead atoms. The zero-order valence-corrected chi connectivity index (χ0v) is 18.2. The lowest BCUT2D eigenvalue weighted by atomic mass is 9.93. The molecule has 154 valence electrons. The van der Waals surface area contributed by atoms with E-state index in [1.807, 2.05) is 13.0 Å².